The summed E-state index contributed by atoms with van der Waals surface area (Å²) >= 11 is 0. The van der Waals surface area contributed by atoms with Crippen molar-refractivity contribution in [2.75, 3.05) is 20.3 Å². The molecule has 0 heterocycles. The lowest BCUT2D eigenvalue weighted by Gasteiger charge is -2.43. The summed E-state index contributed by atoms with van der Waals surface area (Å²) in [5.41, 5.74) is 0. The molecule has 0 aromatic carbocycles. The van der Waals surface area contributed by atoms with Gasteiger partial charge >= 0.3 is 12.3 Å². The van der Waals surface area contributed by atoms with Crippen molar-refractivity contribution in [1.82, 2.24) is 5.32 Å². The maximum absolute atomic E-state index is 12.7. The Hall–Kier alpha value is -0.400. The van der Waals surface area contributed by atoms with E-state index < -0.39 is 18.9 Å². The number of hydrogen-bond donors (Lipinski definition) is 1. The van der Waals surface area contributed by atoms with Crippen LogP contribution in [0.3, 0.4) is 0 Å². The van der Waals surface area contributed by atoms with E-state index in [0.717, 1.165) is 0 Å². The molecule has 0 spiro atoms. The third kappa shape index (κ3) is 3.53. The number of ether oxygens (including phenoxy) is 2. The van der Waals surface area contributed by atoms with E-state index in [0.29, 0.717) is 13.0 Å². The Bertz CT molecular complexity index is 240. The van der Waals surface area contributed by atoms with Crippen LogP contribution in [0.5, 0.6) is 0 Å². The Labute approximate surface area is 97.5 Å². The second kappa shape index (κ2) is 5.97. The first-order valence-electron chi connectivity index (χ1n) is 5.46. The third-order valence-electron chi connectivity index (χ3n) is 2.82. The molecular formula is C10H17F4NO2. The summed E-state index contributed by atoms with van der Waals surface area (Å²) in [4.78, 5) is 0. The largest absolute Gasteiger partial charge is 0.377 e. The first-order valence-corrected chi connectivity index (χ1v) is 5.46. The van der Waals surface area contributed by atoms with Gasteiger partial charge in [-0.2, -0.15) is 8.78 Å². The Morgan fingerprint density at radius 1 is 1.41 bits per heavy atom. The highest BCUT2D eigenvalue weighted by atomic mass is 19.3. The number of nitrogens with one attached hydrogen (secondary N) is 1. The van der Waals surface area contributed by atoms with Crippen molar-refractivity contribution in [3.8, 4) is 0 Å². The van der Waals surface area contributed by atoms with Crippen LogP contribution in [0, 0.1) is 0 Å². The van der Waals surface area contributed by atoms with Crippen molar-refractivity contribution in [1.29, 1.82) is 0 Å². The van der Waals surface area contributed by atoms with E-state index in [1.807, 2.05) is 6.92 Å². The Morgan fingerprint density at radius 2 is 2.06 bits per heavy atom. The minimum atomic E-state index is -4.00. The smallest absolute Gasteiger partial charge is 0.319 e. The van der Waals surface area contributed by atoms with E-state index in [4.69, 9.17) is 9.47 Å². The van der Waals surface area contributed by atoms with Crippen LogP contribution < -0.4 is 5.32 Å². The van der Waals surface area contributed by atoms with Crippen LogP contribution in [0.1, 0.15) is 13.3 Å². The molecule has 1 aliphatic carbocycles. The van der Waals surface area contributed by atoms with Crippen LogP contribution in [0.4, 0.5) is 17.6 Å². The number of methoxy groups -OCH3 is 1. The predicted octanol–water partition coefficient (Wildman–Crippen LogP) is 1.67. The molecule has 3 unspecified atom stereocenters. The molecule has 3 nitrogen and oxygen atoms in total. The lowest BCUT2D eigenvalue weighted by molar-refractivity contribution is -0.151. The molecule has 1 N–H and O–H groups in total. The SMILES string of the molecule is CCOC1CC(NCC(F)(F)C(F)F)C1OC. The number of alkyl halides is 4. The molecule has 1 saturated carbocycles. The number of halogens is 4. The standard InChI is InChI=1S/C10H17F4NO2/c1-3-17-7-4-6(8(7)16-2)15-5-10(13,14)9(11)12/h6-9,15H,3-5H2,1-2H3. The lowest BCUT2D eigenvalue weighted by Crippen LogP contribution is -2.61. The molecular weight excluding hydrogens is 242 g/mol. The van der Waals surface area contributed by atoms with Gasteiger partial charge in [0.1, 0.15) is 0 Å². The summed E-state index contributed by atoms with van der Waals surface area (Å²) in [5.74, 6) is -4.00. The minimum Gasteiger partial charge on any atom is -0.377 e. The molecule has 0 aromatic heterocycles. The normalized spacial score (nSPS) is 29.5. The van der Waals surface area contributed by atoms with Gasteiger partial charge in [-0.05, 0) is 13.3 Å². The molecule has 1 aliphatic rings. The van der Waals surface area contributed by atoms with Gasteiger partial charge in [0, 0.05) is 19.8 Å². The average molecular weight is 259 g/mol. The van der Waals surface area contributed by atoms with E-state index >= 15 is 0 Å². The van der Waals surface area contributed by atoms with Gasteiger partial charge in [0.15, 0.2) is 0 Å². The lowest BCUT2D eigenvalue weighted by atomic mass is 9.85. The highest BCUT2D eigenvalue weighted by molar-refractivity contribution is 4.97. The highest BCUT2D eigenvalue weighted by Crippen LogP contribution is 2.28. The molecule has 3 atom stereocenters. The molecule has 102 valence electrons. The van der Waals surface area contributed by atoms with Crippen molar-refractivity contribution in [2.45, 2.75) is 43.9 Å². The van der Waals surface area contributed by atoms with Crippen LogP contribution in [0.2, 0.25) is 0 Å². The van der Waals surface area contributed by atoms with Crippen molar-refractivity contribution in [3.05, 3.63) is 0 Å². The average Bonchev–Trinajstić information content (AvgIpc) is 2.22. The first-order chi connectivity index (χ1) is 7.92. The summed E-state index contributed by atoms with van der Waals surface area (Å²) in [5, 5.41) is 2.40. The summed E-state index contributed by atoms with van der Waals surface area (Å²) in [7, 11) is 1.44. The second-order valence-corrected chi connectivity index (χ2v) is 3.98. The quantitative estimate of drug-likeness (QED) is 0.705. The van der Waals surface area contributed by atoms with Crippen LogP contribution in [-0.2, 0) is 9.47 Å². The molecule has 0 saturated heterocycles. The molecule has 0 amide bonds. The summed E-state index contributed by atoms with van der Waals surface area (Å²) < 4.78 is 59.5. The van der Waals surface area contributed by atoms with E-state index in [1.54, 1.807) is 0 Å². The molecule has 0 aromatic rings. The fourth-order valence-corrected chi connectivity index (χ4v) is 1.82. The molecule has 7 heteroatoms. The van der Waals surface area contributed by atoms with Crippen molar-refractivity contribution < 1.29 is 27.0 Å². The van der Waals surface area contributed by atoms with Gasteiger partial charge in [0.2, 0.25) is 0 Å². The Balaban J connectivity index is 2.34. The van der Waals surface area contributed by atoms with Gasteiger partial charge in [-0.15, -0.1) is 0 Å². The van der Waals surface area contributed by atoms with Crippen LogP contribution >= 0.6 is 0 Å². The van der Waals surface area contributed by atoms with Crippen molar-refractivity contribution in [2.24, 2.45) is 0 Å². The molecule has 17 heavy (non-hydrogen) atoms. The Kier molecular flexibility index (Phi) is 5.15. The van der Waals surface area contributed by atoms with Gasteiger partial charge in [-0.3, -0.25) is 0 Å². The van der Waals surface area contributed by atoms with Gasteiger partial charge in [0.05, 0.1) is 18.8 Å². The zero-order valence-electron chi connectivity index (χ0n) is 9.76. The highest BCUT2D eigenvalue weighted by Gasteiger charge is 2.46. The van der Waals surface area contributed by atoms with E-state index in [1.165, 1.54) is 7.11 Å². The summed E-state index contributed by atoms with van der Waals surface area (Å²) in [6, 6.07) is -0.360. The minimum absolute atomic E-state index is 0.150. The van der Waals surface area contributed by atoms with E-state index in [-0.39, 0.29) is 18.2 Å². The zero-order chi connectivity index (χ0) is 13.1. The topological polar surface area (TPSA) is 30.5 Å². The third-order valence-corrected chi connectivity index (χ3v) is 2.82. The number of hydrogen-bond acceptors (Lipinski definition) is 3. The van der Waals surface area contributed by atoms with Gasteiger partial charge in [-0.1, -0.05) is 0 Å². The van der Waals surface area contributed by atoms with Crippen molar-refractivity contribution in [3.63, 3.8) is 0 Å². The van der Waals surface area contributed by atoms with E-state index in [2.05, 4.69) is 5.32 Å². The fourth-order valence-electron chi connectivity index (χ4n) is 1.82. The molecule has 0 radical (unpaired) electrons. The maximum Gasteiger partial charge on any atom is 0.319 e. The van der Waals surface area contributed by atoms with E-state index in [9.17, 15) is 17.6 Å². The summed E-state index contributed by atoms with van der Waals surface area (Å²) in [6.45, 7) is 1.27. The monoisotopic (exact) mass is 259 g/mol. The van der Waals surface area contributed by atoms with Gasteiger partial charge in [0.25, 0.3) is 0 Å². The fraction of sp³-hybridized carbons (Fsp3) is 1.00. The second-order valence-electron chi connectivity index (χ2n) is 3.98. The maximum atomic E-state index is 12.7. The van der Waals surface area contributed by atoms with Crippen LogP contribution in [-0.4, -0.2) is 50.9 Å². The van der Waals surface area contributed by atoms with Gasteiger partial charge < -0.3 is 14.8 Å². The van der Waals surface area contributed by atoms with Crippen LogP contribution in [0.15, 0.2) is 0 Å². The predicted molar refractivity (Wildman–Crippen MR) is 53.6 cm³/mol. The van der Waals surface area contributed by atoms with Crippen LogP contribution in [0.25, 0.3) is 0 Å². The Morgan fingerprint density at radius 3 is 2.53 bits per heavy atom. The van der Waals surface area contributed by atoms with Crippen molar-refractivity contribution >= 4 is 0 Å². The number of rotatable bonds is 7. The summed E-state index contributed by atoms with van der Waals surface area (Å²) in [6.07, 6.45) is -3.67. The first kappa shape index (κ1) is 14.7. The molecule has 0 bridgehead atoms. The molecule has 1 rings (SSSR count). The molecule has 1 fully saturated rings. The zero-order valence-corrected chi connectivity index (χ0v) is 9.76. The van der Waals surface area contributed by atoms with Gasteiger partial charge in [-0.25, -0.2) is 8.78 Å². The molecule has 0 aliphatic heterocycles.